The number of para-hydroxylation sites is 1. The molecule has 0 unspecified atom stereocenters. The average Bonchev–Trinajstić information content (AvgIpc) is 3.50. The van der Waals surface area contributed by atoms with Gasteiger partial charge in [0.25, 0.3) is 0 Å². The molecule has 42 heavy (non-hydrogen) atoms. The zero-order chi connectivity index (χ0) is 28.4. The molecule has 0 fully saturated rings. The van der Waals surface area contributed by atoms with E-state index in [0.29, 0.717) is 5.56 Å². The third kappa shape index (κ3) is 3.44. The second-order valence-corrected chi connectivity index (χ2v) is 11.7. The monoisotopic (exact) mass is 536 g/mol. The van der Waals surface area contributed by atoms with Gasteiger partial charge in [0.15, 0.2) is 0 Å². The maximum Gasteiger partial charge on any atom is 0.0998 e. The van der Waals surface area contributed by atoms with E-state index >= 15 is 0 Å². The van der Waals surface area contributed by atoms with Crippen LogP contribution in [0.4, 0.5) is 0 Å². The molecule has 1 heterocycles. The first-order valence-corrected chi connectivity index (χ1v) is 14.4. The minimum Gasteiger partial charge on any atom is -0.309 e. The normalized spacial score (nSPS) is 13.2. The van der Waals surface area contributed by atoms with E-state index in [4.69, 9.17) is 0 Å². The number of aromatic nitrogens is 1. The predicted molar refractivity (Wildman–Crippen MR) is 174 cm³/mol. The van der Waals surface area contributed by atoms with Gasteiger partial charge in [-0.2, -0.15) is 5.26 Å². The minimum absolute atomic E-state index is 0.0439. The van der Waals surface area contributed by atoms with Crippen molar-refractivity contribution in [1.82, 2.24) is 4.57 Å². The number of nitriles is 1. The van der Waals surface area contributed by atoms with E-state index in [1.165, 1.54) is 44.1 Å². The number of fused-ring (bicyclic) bond motifs is 7. The van der Waals surface area contributed by atoms with Crippen molar-refractivity contribution in [3.63, 3.8) is 0 Å². The molecule has 0 spiro atoms. The Hall–Kier alpha value is -5.39. The first-order valence-electron chi connectivity index (χ1n) is 14.4. The fourth-order valence-corrected chi connectivity index (χ4v) is 7.01. The molecule has 198 valence electrons. The average molecular weight is 537 g/mol. The van der Waals surface area contributed by atoms with E-state index in [-0.39, 0.29) is 5.41 Å². The number of benzene rings is 6. The molecule has 1 aliphatic rings. The molecular formula is C40H28N2. The molecule has 0 atom stereocenters. The summed E-state index contributed by atoms with van der Waals surface area (Å²) in [6.07, 6.45) is 0. The van der Waals surface area contributed by atoms with E-state index in [0.717, 1.165) is 27.9 Å². The molecule has 6 aromatic carbocycles. The van der Waals surface area contributed by atoms with Crippen molar-refractivity contribution in [2.24, 2.45) is 0 Å². The van der Waals surface area contributed by atoms with E-state index < -0.39 is 0 Å². The Morgan fingerprint density at radius 2 is 1.29 bits per heavy atom. The summed E-state index contributed by atoms with van der Waals surface area (Å²) in [5, 5.41) is 12.5. The first-order chi connectivity index (χ1) is 20.6. The molecule has 1 aromatic heterocycles. The highest BCUT2D eigenvalue weighted by Crippen LogP contribution is 2.53. The number of nitrogens with zero attached hydrogens (tertiary/aromatic N) is 2. The summed E-state index contributed by atoms with van der Waals surface area (Å²) in [5.74, 6) is 0. The van der Waals surface area contributed by atoms with Crippen LogP contribution in [-0.4, -0.2) is 4.57 Å². The van der Waals surface area contributed by atoms with Gasteiger partial charge in [-0.1, -0.05) is 111 Å². The zero-order valence-electron chi connectivity index (χ0n) is 23.6. The van der Waals surface area contributed by atoms with Gasteiger partial charge in [0.1, 0.15) is 0 Å². The van der Waals surface area contributed by atoms with Crippen LogP contribution in [0.25, 0.3) is 60.9 Å². The van der Waals surface area contributed by atoms with E-state index in [2.05, 4.69) is 128 Å². The van der Waals surface area contributed by atoms with Gasteiger partial charge in [0, 0.05) is 27.4 Å². The van der Waals surface area contributed by atoms with E-state index in [9.17, 15) is 5.26 Å². The summed E-state index contributed by atoms with van der Waals surface area (Å²) in [5.41, 5.74) is 13.8. The SMILES string of the molecule is CC1(C)c2ccccc2-c2c1ccc1c2c2ccccc2n1-c1ccc(-c2cc(-c3ccccc3)ccc2C#N)cc1. The molecule has 8 rings (SSSR count). The number of hydrogen-bond donors (Lipinski definition) is 0. The highest BCUT2D eigenvalue weighted by atomic mass is 15.0. The topological polar surface area (TPSA) is 28.7 Å². The highest BCUT2D eigenvalue weighted by Gasteiger charge is 2.37. The fourth-order valence-electron chi connectivity index (χ4n) is 7.01. The Morgan fingerprint density at radius 1 is 0.571 bits per heavy atom. The number of hydrogen-bond acceptors (Lipinski definition) is 1. The van der Waals surface area contributed by atoms with Crippen LogP contribution < -0.4 is 0 Å². The van der Waals surface area contributed by atoms with Crippen LogP contribution in [0.2, 0.25) is 0 Å². The summed E-state index contributed by atoms with van der Waals surface area (Å²) in [6.45, 7) is 4.67. The zero-order valence-corrected chi connectivity index (χ0v) is 23.6. The standard InChI is InChI=1S/C40H28N2/c1-40(2)34-14-8-6-12-31(34)38-35(40)22-23-37-39(38)32-13-7-9-15-36(32)42(37)30-20-18-27(19-21-30)33-24-28(16-17-29(33)25-41)26-10-4-3-5-11-26/h3-24H,1-2H3. The van der Waals surface area contributed by atoms with Crippen LogP contribution >= 0.6 is 0 Å². The van der Waals surface area contributed by atoms with Crippen molar-refractivity contribution in [2.75, 3.05) is 0 Å². The Morgan fingerprint density at radius 3 is 2.10 bits per heavy atom. The molecule has 0 bridgehead atoms. The summed E-state index contributed by atoms with van der Waals surface area (Å²) in [4.78, 5) is 0. The molecular weight excluding hydrogens is 508 g/mol. The lowest BCUT2D eigenvalue weighted by Gasteiger charge is -2.21. The highest BCUT2D eigenvalue weighted by molar-refractivity contribution is 6.17. The Bertz CT molecular complexity index is 2210. The maximum absolute atomic E-state index is 9.91. The van der Waals surface area contributed by atoms with Gasteiger partial charge in [-0.3, -0.25) is 0 Å². The molecule has 0 aliphatic heterocycles. The summed E-state index contributed by atoms with van der Waals surface area (Å²) in [6, 6.07) is 49.7. The van der Waals surface area contributed by atoms with Crippen molar-refractivity contribution in [1.29, 1.82) is 5.26 Å². The van der Waals surface area contributed by atoms with E-state index in [1.54, 1.807) is 0 Å². The van der Waals surface area contributed by atoms with Crippen molar-refractivity contribution >= 4 is 21.8 Å². The predicted octanol–water partition coefficient (Wildman–Crippen LogP) is 10.3. The second kappa shape index (κ2) is 9.06. The van der Waals surface area contributed by atoms with Gasteiger partial charge in [-0.05, 0) is 75.3 Å². The van der Waals surface area contributed by atoms with Crippen LogP contribution in [0.3, 0.4) is 0 Å². The third-order valence-corrected chi connectivity index (χ3v) is 9.07. The molecule has 0 saturated heterocycles. The van der Waals surface area contributed by atoms with Gasteiger partial charge in [-0.15, -0.1) is 0 Å². The Labute approximate surface area is 245 Å². The second-order valence-electron chi connectivity index (χ2n) is 11.7. The Balaban J connectivity index is 1.32. The lowest BCUT2D eigenvalue weighted by atomic mass is 9.82. The fraction of sp³-hybridized carbons (Fsp3) is 0.0750. The molecule has 2 nitrogen and oxygen atoms in total. The van der Waals surface area contributed by atoms with Crippen molar-refractivity contribution in [3.8, 4) is 45.1 Å². The molecule has 0 N–H and O–H groups in total. The van der Waals surface area contributed by atoms with Crippen molar-refractivity contribution < 1.29 is 0 Å². The molecule has 2 heteroatoms. The van der Waals surface area contributed by atoms with Crippen LogP contribution in [0.1, 0.15) is 30.5 Å². The van der Waals surface area contributed by atoms with Crippen LogP contribution in [0, 0.1) is 11.3 Å². The van der Waals surface area contributed by atoms with Gasteiger partial charge in [0.2, 0.25) is 0 Å². The first kappa shape index (κ1) is 24.4. The summed E-state index contributed by atoms with van der Waals surface area (Å²) in [7, 11) is 0. The van der Waals surface area contributed by atoms with Gasteiger partial charge >= 0.3 is 0 Å². The summed E-state index contributed by atoms with van der Waals surface area (Å²) >= 11 is 0. The van der Waals surface area contributed by atoms with E-state index in [1.807, 2.05) is 30.3 Å². The molecule has 7 aromatic rings. The van der Waals surface area contributed by atoms with Crippen molar-refractivity contribution in [3.05, 3.63) is 150 Å². The molecule has 0 saturated carbocycles. The largest absolute Gasteiger partial charge is 0.309 e. The molecule has 0 radical (unpaired) electrons. The van der Waals surface area contributed by atoms with Gasteiger partial charge in [0.05, 0.1) is 22.7 Å². The third-order valence-electron chi connectivity index (χ3n) is 9.07. The van der Waals surface area contributed by atoms with Crippen LogP contribution in [0.15, 0.2) is 133 Å². The molecule has 0 amide bonds. The lowest BCUT2D eigenvalue weighted by Crippen LogP contribution is -2.14. The smallest absolute Gasteiger partial charge is 0.0998 e. The van der Waals surface area contributed by atoms with Crippen molar-refractivity contribution in [2.45, 2.75) is 19.3 Å². The van der Waals surface area contributed by atoms with Gasteiger partial charge < -0.3 is 4.57 Å². The Kier molecular flexibility index (Phi) is 5.27. The summed E-state index contributed by atoms with van der Waals surface area (Å²) < 4.78 is 2.38. The maximum atomic E-state index is 9.91. The minimum atomic E-state index is -0.0439. The quantitative estimate of drug-likeness (QED) is 0.221. The number of rotatable bonds is 3. The van der Waals surface area contributed by atoms with Crippen LogP contribution in [0.5, 0.6) is 0 Å². The van der Waals surface area contributed by atoms with Crippen LogP contribution in [-0.2, 0) is 5.41 Å². The van der Waals surface area contributed by atoms with Gasteiger partial charge in [-0.25, -0.2) is 0 Å². The molecule has 1 aliphatic carbocycles. The lowest BCUT2D eigenvalue weighted by molar-refractivity contribution is 0.661.